The van der Waals surface area contributed by atoms with Crippen LogP contribution in [0.25, 0.3) is 0 Å². The predicted molar refractivity (Wildman–Crippen MR) is 56.6 cm³/mol. The summed E-state index contributed by atoms with van der Waals surface area (Å²) in [5.74, 6) is 0.0691. The second kappa shape index (κ2) is 4.82. The molecule has 3 heteroatoms. The lowest BCUT2D eigenvalue weighted by Gasteiger charge is -2.01. The topological polar surface area (TPSA) is 37.3 Å². The van der Waals surface area contributed by atoms with Crippen molar-refractivity contribution in [1.29, 1.82) is 0 Å². The molecule has 0 aliphatic carbocycles. The van der Waals surface area contributed by atoms with Crippen molar-refractivity contribution in [2.75, 3.05) is 0 Å². The first-order valence-corrected chi connectivity index (χ1v) is 4.64. The molecule has 74 valence electrons. The number of hydrogen-bond donors (Lipinski definition) is 1. The summed E-state index contributed by atoms with van der Waals surface area (Å²) < 4.78 is 0. The number of benzene rings is 1. The maximum absolute atomic E-state index is 10.9. The largest absolute Gasteiger partial charge is 0.506 e. The molecule has 0 radical (unpaired) electrons. The van der Waals surface area contributed by atoms with Gasteiger partial charge >= 0.3 is 0 Å². The molecule has 0 unspecified atom stereocenters. The average molecular weight is 211 g/mol. The fourth-order valence-electron chi connectivity index (χ4n) is 1.08. The van der Waals surface area contributed by atoms with Crippen molar-refractivity contribution < 1.29 is 9.90 Å². The van der Waals surface area contributed by atoms with Gasteiger partial charge in [-0.2, -0.15) is 0 Å². The Morgan fingerprint density at radius 1 is 1.57 bits per heavy atom. The third-order valence-corrected chi connectivity index (χ3v) is 2.20. The molecule has 1 aromatic carbocycles. The van der Waals surface area contributed by atoms with Crippen molar-refractivity contribution in [3.05, 3.63) is 41.4 Å². The van der Waals surface area contributed by atoms with E-state index in [4.69, 9.17) is 16.7 Å². The van der Waals surface area contributed by atoms with E-state index in [2.05, 4.69) is 6.58 Å². The molecule has 14 heavy (non-hydrogen) atoms. The number of carbonyl (C=O) groups is 1. The van der Waals surface area contributed by atoms with Gasteiger partial charge in [-0.05, 0) is 30.2 Å². The maximum Gasteiger partial charge on any atom is 0.155 e. The predicted octanol–water partition coefficient (Wildman–Crippen LogP) is 2.73. The molecule has 0 atom stereocenters. The molecule has 0 fully saturated rings. The van der Waals surface area contributed by atoms with Crippen molar-refractivity contribution >= 4 is 17.4 Å². The molecule has 0 amide bonds. The van der Waals surface area contributed by atoms with Gasteiger partial charge in [0.15, 0.2) is 5.78 Å². The highest BCUT2D eigenvalue weighted by molar-refractivity contribution is 6.32. The summed E-state index contributed by atoms with van der Waals surface area (Å²) in [6, 6.07) is 4.93. The van der Waals surface area contributed by atoms with Crippen molar-refractivity contribution in [2.24, 2.45) is 0 Å². The molecule has 0 heterocycles. The number of phenols is 1. The van der Waals surface area contributed by atoms with Gasteiger partial charge in [0.25, 0.3) is 0 Å². The first-order chi connectivity index (χ1) is 6.63. The Morgan fingerprint density at radius 2 is 2.29 bits per heavy atom. The van der Waals surface area contributed by atoms with Gasteiger partial charge in [0.2, 0.25) is 0 Å². The van der Waals surface area contributed by atoms with Gasteiger partial charge in [-0.25, -0.2) is 0 Å². The first-order valence-electron chi connectivity index (χ1n) is 4.26. The minimum atomic E-state index is 0.00852. The zero-order valence-corrected chi connectivity index (χ0v) is 8.42. The van der Waals surface area contributed by atoms with Crippen LogP contribution < -0.4 is 0 Å². The molecule has 2 nitrogen and oxygen atoms in total. The first kappa shape index (κ1) is 10.8. The maximum atomic E-state index is 10.9. The van der Waals surface area contributed by atoms with Gasteiger partial charge in [-0.1, -0.05) is 24.2 Å². The molecular weight excluding hydrogens is 200 g/mol. The summed E-state index contributed by atoms with van der Waals surface area (Å²) in [4.78, 5) is 10.9. The van der Waals surface area contributed by atoms with Crippen molar-refractivity contribution in [3.63, 3.8) is 0 Å². The highest BCUT2D eigenvalue weighted by Crippen LogP contribution is 2.24. The molecule has 1 rings (SSSR count). The highest BCUT2D eigenvalue weighted by Gasteiger charge is 2.01. The number of ketones is 1. The minimum absolute atomic E-state index is 0.00852. The molecule has 0 spiro atoms. The number of allylic oxidation sites excluding steroid dienone is 1. The molecule has 0 saturated carbocycles. The standard InChI is InChI=1S/C11H11ClO2/c1-2-9(13)5-3-8-4-6-11(14)10(12)7-8/h2,4,6-7,14H,1,3,5H2. The Balaban J connectivity index is 2.64. The van der Waals surface area contributed by atoms with Crippen LogP contribution in [0.2, 0.25) is 5.02 Å². The summed E-state index contributed by atoms with van der Waals surface area (Å²) in [7, 11) is 0. The summed E-state index contributed by atoms with van der Waals surface area (Å²) in [5, 5.41) is 9.47. The monoisotopic (exact) mass is 210 g/mol. The number of phenolic OH excluding ortho intramolecular Hbond substituents is 1. The van der Waals surface area contributed by atoms with E-state index >= 15 is 0 Å². The van der Waals surface area contributed by atoms with Gasteiger partial charge in [0.05, 0.1) is 5.02 Å². The van der Waals surface area contributed by atoms with Gasteiger partial charge in [-0.15, -0.1) is 0 Å². The van der Waals surface area contributed by atoms with Crippen molar-refractivity contribution in [2.45, 2.75) is 12.8 Å². The van der Waals surface area contributed by atoms with Crippen molar-refractivity contribution in [1.82, 2.24) is 0 Å². The Morgan fingerprint density at radius 3 is 2.86 bits per heavy atom. The minimum Gasteiger partial charge on any atom is -0.506 e. The Bertz CT molecular complexity index is 358. The van der Waals surface area contributed by atoms with Crippen LogP contribution >= 0.6 is 11.6 Å². The van der Waals surface area contributed by atoms with E-state index in [1.807, 2.05) is 0 Å². The fraction of sp³-hybridized carbons (Fsp3) is 0.182. The number of aromatic hydroxyl groups is 1. The van der Waals surface area contributed by atoms with Crippen molar-refractivity contribution in [3.8, 4) is 5.75 Å². The summed E-state index contributed by atoms with van der Waals surface area (Å²) in [5.41, 5.74) is 0.933. The third kappa shape index (κ3) is 2.89. The second-order valence-electron chi connectivity index (χ2n) is 2.96. The Hall–Kier alpha value is -1.28. The van der Waals surface area contributed by atoms with Crippen LogP contribution in [0.1, 0.15) is 12.0 Å². The van der Waals surface area contributed by atoms with E-state index in [-0.39, 0.29) is 11.5 Å². The van der Waals surface area contributed by atoms with Crippen LogP contribution in [0.15, 0.2) is 30.9 Å². The number of halogens is 1. The van der Waals surface area contributed by atoms with Gasteiger partial charge in [0, 0.05) is 6.42 Å². The molecular formula is C11H11ClO2. The number of carbonyl (C=O) groups excluding carboxylic acids is 1. The Labute approximate surface area is 87.8 Å². The molecule has 0 bridgehead atoms. The van der Waals surface area contributed by atoms with Gasteiger partial charge < -0.3 is 5.11 Å². The van der Waals surface area contributed by atoms with E-state index in [0.29, 0.717) is 17.9 Å². The number of rotatable bonds is 4. The van der Waals surface area contributed by atoms with Crippen LogP contribution in [0.5, 0.6) is 5.75 Å². The van der Waals surface area contributed by atoms with Crippen LogP contribution in [-0.4, -0.2) is 10.9 Å². The van der Waals surface area contributed by atoms with Crippen LogP contribution in [0, 0.1) is 0 Å². The number of hydrogen-bond acceptors (Lipinski definition) is 2. The average Bonchev–Trinajstić information content (AvgIpc) is 2.19. The summed E-state index contributed by atoms with van der Waals surface area (Å²) in [6.45, 7) is 3.39. The highest BCUT2D eigenvalue weighted by atomic mass is 35.5. The third-order valence-electron chi connectivity index (χ3n) is 1.90. The molecule has 1 aromatic rings. The second-order valence-corrected chi connectivity index (χ2v) is 3.36. The lowest BCUT2D eigenvalue weighted by atomic mass is 10.1. The van der Waals surface area contributed by atoms with Crippen LogP contribution in [0.4, 0.5) is 0 Å². The van der Waals surface area contributed by atoms with E-state index in [9.17, 15) is 4.79 Å². The van der Waals surface area contributed by atoms with E-state index in [1.165, 1.54) is 12.1 Å². The normalized spacial score (nSPS) is 9.79. The van der Waals surface area contributed by atoms with Crippen LogP contribution in [0.3, 0.4) is 0 Å². The zero-order valence-electron chi connectivity index (χ0n) is 7.66. The summed E-state index contributed by atoms with van der Waals surface area (Å²) in [6.07, 6.45) is 2.34. The van der Waals surface area contributed by atoms with Crippen LogP contribution in [-0.2, 0) is 11.2 Å². The SMILES string of the molecule is C=CC(=O)CCc1ccc(O)c(Cl)c1. The fourth-order valence-corrected chi connectivity index (χ4v) is 1.28. The molecule has 0 aliphatic rings. The molecule has 1 N–H and O–H groups in total. The number of aryl methyl sites for hydroxylation is 1. The van der Waals surface area contributed by atoms with Gasteiger partial charge in [0.1, 0.15) is 5.75 Å². The van der Waals surface area contributed by atoms with E-state index in [1.54, 1.807) is 12.1 Å². The summed E-state index contributed by atoms with van der Waals surface area (Å²) >= 11 is 5.71. The molecule has 0 aromatic heterocycles. The zero-order chi connectivity index (χ0) is 10.6. The molecule has 0 saturated heterocycles. The molecule has 0 aliphatic heterocycles. The smallest absolute Gasteiger partial charge is 0.155 e. The van der Waals surface area contributed by atoms with E-state index in [0.717, 1.165) is 5.56 Å². The Kier molecular flexibility index (Phi) is 3.72. The van der Waals surface area contributed by atoms with E-state index < -0.39 is 0 Å². The lowest BCUT2D eigenvalue weighted by Crippen LogP contribution is -1.95. The quantitative estimate of drug-likeness (QED) is 0.776. The van der Waals surface area contributed by atoms with Gasteiger partial charge in [-0.3, -0.25) is 4.79 Å². The lowest BCUT2D eigenvalue weighted by molar-refractivity contribution is -0.114.